The molecule has 0 aromatic heterocycles. The maximum atomic E-state index is 13.5. The van der Waals surface area contributed by atoms with E-state index in [4.69, 9.17) is 0 Å². The van der Waals surface area contributed by atoms with Gasteiger partial charge in [0.15, 0.2) is 0 Å². The lowest BCUT2D eigenvalue weighted by Crippen LogP contribution is -2.21. The SMILES string of the molecule is CCOP(OCC)(c1ccc(C(F)(F)F)cc1)=S(F)(F)(F)F. The van der Waals surface area contributed by atoms with Crippen LogP contribution in [-0.4, -0.2) is 13.2 Å². The Kier molecular flexibility index (Phi) is 5.44. The topological polar surface area (TPSA) is 18.5 Å². The molecule has 0 amide bonds. The van der Waals surface area contributed by atoms with Crippen LogP contribution in [0.3, 0.4) is 0 Å². The Bertz CT molecular complexity index is 587. The van der Waals surface area contributed by atoms with E-state index in [0.29, 0.717) is 24.3 Å². The van der Waals surface area contributed by atoms with Crippen LogP contribution in [0, 0.1) is 0 Å². The molecule has 0 bridgehead atoms. The zero-order chi connectivity index (χ0) is 17.3. The Labute approximate surface area is 123 Å². The lowest BCUT2D eigenvalue weighted by Gasteiger charge is -2.31. The maximum Gasteiger partial charge on any atom is 0.416 e. The quantitative estimate of drug-likeness (QED) is 0.508. The molecule has 0 atom stereocenters. The monoisotopic (exact) mass is 374 g/mol. The molecule has 1 rings (SSSR count). The summed E-state index contributed by atoms with van der Waals surface area (Å²) >= 11 is 0. The highest BCUT2D eigenvalue weighted by Gasteiger charge is 2.49. The van der Waals surface area contributed by atoms with E-state index in [-0.39, 0.29) is 0 Å². The molecule has 0 spiro atoms. The molecule has 1 aromatic rings. The summed E-state index contributed by atoms with van der Waals surface area (Å²) in [5, 5.41) is -0.763. The van der Waals surface area contributed by atoms with Gasteiger partial charge >= 0.3 is 16.1 Å². The van der Waals surface area contributed by atoms with Gasteiger partial charge in [-0.1, -0.05) is 0 Å². The molecular weight excluding hydrogens is 360 g/mol. The van der Waals surface area contributed by atoms with E-state index in [2.05, 4.69) is 9.05 Å². The predicted octanol–water partition coefficient (Wildman–Crippen LogP) is 5.39. The summed E-state index contributed by atoms with van der Waals surface area (Å²) in [6.07, 6.45) is -4.71. The van der Waals surface area contributed by atoms with Gasteiger partial charge < -0.3 is 9.05 Å². The molecule has 0 aliphatic rings. The van der Waals surface area contributed by atoms with Gasteiger partial charge in [-0.25, -0.2) is 0 Å². The van der Waals surface area contributed by atoms with Gasteiger partial charge in [-0.15, -0.1) is 15.5 Å². The standard InChI is InChI=1S/C11H14F7O2PS/c1-3-19-21(20-4-2,22(15,16,17)18)10-7-5-9(6-8-10)11(12,13)14/h5-8H,3-4H2,1-2H3. The molecule has 0 saturated heterocycles. The second-order valence-electron chi connectivity index (χ2n) is 4.00. The van der Waals surface area contributed by atoms with E-state index in [1.165, 1.54) is 13.8 Å². The molecule has 0 saturated carbocycles. The summed E-state index contributed by atoms with van der Waals surface area (Å²) < 4.78 is 101. The van der Waals surface area contributed by atoms with Crippen LogP contribution in [0.4, 0.5) is 28.7 Å². The minimum atomic E-state index is -8.10. The molecule has 0 aliphatic carbocycles. The summed E-state index contributed by atoms with van der Waals surface area (Å²) in [6, 6.07) is 1.99. The third-order valence-electron chi connectivity index (χ3n) is 2.47. The molecule has 0 radical (unpaired) electrons. The fourth-order valence-electron chi connectivity index (χ4n) is 1.68. The van der Waals surface area contributed by atoms with Crippen LogP contribution < -0.4 is 5.30 Å². The van der Waals surface area contributed by atoms with Crippen molar-refractivity contribution in [2.24, 2.45) is 0 Å². The lowest BCUT2D eigenvalue weighted by molar-refractivity contribution is -0.137. The summed E-state index contributed by atoms with van der Waals surface area (Å²) in [5.74, 6) is 0. The number of hydrogen-bond donors (Lipinski definition) is 0. The van der Waals surface area contributed by atoms with Crippen molar-refractivity contribution in [3.63, 3.8) is 0 Å². The normalized spacial score (nSPS) is 15.4. The zero-order valence-electron chi connectivity index (χ0n) is 11.5. The summed E-state index contributed by atoms with van der Waals surface area (Å²) in [7, 11) is -8.10. The smallest absolute Gasteiger partial charge is 0.324 e. The van der Waals surface area contributed by atoms with E-state index >= 15 is 0 Å². The Hall–Kier alpha value is -0.570. The van der Waals surface area contributed by atoms with E-state index in [1.807, 2.05) is 0 Å². The Balaban J connectivity index is 3.66. The number of alkyl halides is 3. The highest BCUT2D eigenvalue weighted by molar-refractivity contribution is 8.42. The summed E-state index contributed by atoms with van der Waals surface area (Å²) in [6.45, 7) is -3.70. The van der Waals surface area contributed by atoms with Crippen molar-refractivity contribution in [2.45, 2.75) is 20.0 Å². The molecule has 0 heterocycles. The van der Waals surface area contributed by atoms with E-state index < -0.39 is 46.6 Å². The van der Waals surface area contributed by atoms with Gasteiger partial charge in [0.1, 0.15) is 0 Å². The fraction of sp³-hybridized carbons (Fsp3) is 0.455. The van der Waals surface area contributed by atoms with Gasteiger partial charge in [-0.05, 0) is 38.1 Å². The van der Waals surface area contributed by atoms with Crippen LogP contribution in [-0.2, 0) is 25.1 Å². The van der Waals surface area contributed by atoms with Gasteiger partial charge in [-0.3, -0.25) is 0 Å². The molecule has 11 heteroatoms. The average molecular weight is 374 g/mol. The van der Waals surface area contributed by atoms with Gasteiger partial charge in [-0.2, -0.15) is 13.2 Å². The van der Waals surface area contributed by atoms with Crippen molar-refractivity contribution >= 4 is 21.7 Å². The first-order valence-electron chi connectivity index (χ1n) is 6.02. The largest absolute Gasteiger partial charge is 0.416 e. The molecule has 130 valence electrons. The van der Waals surface area contributed by atoms with E-state index in [0.717, 1.165) is 0 Å². The average Bonchev–Trinajstić information content (AvgIpc) is 2.35. The van der Waals surface area contributed by atoms with Gasteiger partial charge in [0.05, 0.1) is 18.8 Å². The minimum Gasteiger partial charge on any atom is -0.324 e. The van der Waals surface area contributed by atoms with Crippen molar-refractivity contribution in [3.05, 3.63) is 29.8 Å². The van der Waals surface area contributed by atoms with E-state index in [9.17, 15) is 28.7 Å². The first kappa shape index (κ1) is 19.5. The second-order valence-corrected chi connectivity index (χ2v) is 10.4. The Morgan fingerprint density at radius 1 is 0.909 bits per heavy atom. The number of benzene rings is 1. The molecule has 0 aliphatic heterocycles. The highest BCUT2D eigenvalue weighted by Crippen LogP contribution is 2.68. The Morgan fingerprint density at radius 3 is 1.59 bits per heavy atom. The van der Waals surface area contributed by atoms with Gasteiger partial charge in [0, 0.05) is 5.30 Å². The van der Waals surface area contributed by atoms with Crippen LogP contribution in [0.1, 0.15) is 19.4 Å². The predicted molar refractivity (Wildman–Crippen MR) is 73.0 cm³/mol. The van der Waals surface area contributed by atoms with Gasteiger partial charge in [0.25, 0.3) is 6.49 Å². The molecule has 0 fully saturated rings. The third-order valence-corrected chi connectivity index (χ3v) is 8.77. The molecule has 1 aromatic carbocycles. The molecule has 0 unspecified atom stereocenters. The molecular formula is C11H14F7O2PS. The third kappa shape index (κ3) is 3.84. The maximum absolute atomic E-state index is 13.5. The van der Waals surface area contributed by atoms with Crippen LogP contribution in [0.5, 0.6) is 0 Å². The fourth-order valence-corrected chi connectivity index (χ4v) is 6.79. The second kappa shape index (κ2) is 6.14. The number of halogens is 7. The van der Waals surface area contributed by atoms with Crippen molar-refractivity contribution in [2.75, 3.05) is 13.2 Å². The Morgan fingerprint density at radius 2 is 1.32 bits per heavy atom. The van der Waals surface area contributed by atoms with Crippen molar-refractivity contribution in [3.8, 4) is 0 Å². The highest BCUT2D eigenvalue weighted by atomic mass is 32.7. The van der Waals surface area contributed by atoms with Crippen LogP contribution in [0.25, 0.3) is 0 Å². The van der Waals surface area contributed by atoms with Gasteiger partial charge in [0.2, 0.25) is 0 Å². The molecule has 2 nitrogen and oxygen atoms in total. The van der Waals surface area contributed by atoms with Crippen LogP contribution >= 0.6 is 6.49 Å². The zero-order valence-corrected chi connectivity index (χ0v) is 13.3. The first-order valence-corrected chi connectivity index (χ1v) is 9.89. The van der Waals surface area contributed by atoms with E-state index in [1.54, 1.807) is 0 Å². The first-order chi connectivity index (χ1) is 9.84. The summed E-state index contributed by atoms with van der Waals surface area (Å²) in [5.41, 5.74) is -1.14. The number of rotatable bonds is 5. The van der Waals surface area contributed by atoms with Crippen molar-refractivity contribution in [1.82, 2.24) is 0 Å². The van der Waals surface area contributed by atoms with Crippen molar-refractivity contribution < 1.29 is 37.8 Å². The summed E-state index contributed by atoms with van der Waals surface area (Å²) in [4.78, 5) is 0. The number of hydrogen-bond acceptors (Lipinski definition) is 2. The van der Waals surface area contributed by atoms with Crippen molar-refractivity contribution in [1.29, 1.82) is 0 Å². The molecule has 22 heavy (non-hydrogen) atoms. The van der Waals surface area contributed by atoms with Crippen LogP contribution in [0.2, 0.25) is 0 Å². The minimum absolute atomic E-state index is 0.445. The van der Waals surface area contributed by atoms with Crippen LogP contribution in [0.15, 0.2) is 24.3 Å². The molecule has 0 N–H and O–H groups in total. The lowest BCUT2D eigenvalue weighted by atomic mass is 10.2.